The molecular formula is C19H30N6OS. The number of hydrogen-bond acceptors (Lipinski definition) is 7. The first-order valence-corrected chi connectivity index (χ1v) is 11.1. The van der Waals surface area contributed by atoms with Gasteiger partial charge in [-0.2, -0.15) is 9.50 Å². The molecule has 1 aliphatic carbocycles. The van der Waals surface area contributed by atoms with E-state index in [0.717, 1.165) is 74.7 Å². The van der Waals surface area contributed by atoms with E-state index < -0.39 is 0 Å². The number of anilines is 1. The first-order valence-electron chi connectivity index (χ1n) is 10.2. The van der Waals surface area contributed by atoms with Crippen molar-refractivity contribution in [3.8, 4) is 0 Å². The third kappa shape index (κ3) is 4.55. The average molecular weight is 391 g/mol. The Morgan fingerprint density at radius 3 is 2.78 bits per heavy atom. The average Bonchev–Trinajstić information content (AvgIpc) is 3.09. The second-order valence-electron chi connectivity index (χ2n) is 7.78. The fourth-order valence-corrected chi connectivity index (χ4v) is 4.43. The summed E-state index contributed by atoms with van der Waals surface area (Å²) in [5.74, 6) is 3.48. The van der Waals surface area contributed by atoms with Crippen molar-refractivity contribution in [2.24, 2.45) is 5.92 Å². The fourth-order valence-electron chi connectivity index (χ4n) is 3.67. The zero-order valence-corrected chi connectivity index (χ0v) is 17.2. The largest absolute Gasteiger partial charge is 0.379 e. The molecule has 0 spiro atoms. The minimum atomic E-state index is 0.619. The molecule has 1 N–H and O–H groups in total. The molecule has 0 atom stereocenters. The molecule has 2 aliphatic rings. The van der Waals surface area contributed by atoms with Crippen LogP contribution in [0.3, 0.4) is 0 Å². The highest BCUT2D eigenvalue weighted by molar-refractivity contribution is 7.99. The number of fused-ring (bicyclic) bond motifs is 2. The van der Waals surface area contributed by atoms with Gasteiger partial charge in [-0.3, -0.25) is 4.90 Å². The summed E-state index contributed by atoms with van der Waals surface area (Å²) in [4.78, 5) is 12.0. The molecule has 4 rings (SSSR count). The second kappa shape index (κ2) is 8.75. The van der Waals surface area contributed by atoms with E-state index in [1.54, 1.807) is 11.8 Å². The van der Waals surface area contributed by atoms with E-state index in [0.29, 0.717) is 5.92 Å². The smallest absolute Gasteiger partial charge is 0.255 e. The van der Waals surface area contributed by atoms with Crippen LogP contribution in [-0.4, -0.2) is 69.6 Å². The van der Waals surface area contributed by atoms with Crippen LogP contribution in [0.1, 0.15) is 37.9 Å². The van der Waals surface area contributed by atoms with Crippen LogP contribution in [0.2, 0.25) is 0 Å². The van der Waals surface area contributed by atoms with Crippen LogP contribution in [0, 0.1) is 5.92 Å². The number of rotatable bonds is 7. The maximum atomic E-state index is 5.44. The summed E-state index contributed by atoms with van der Waals surface area (Å²) in [7, 11) is 0. The maximum absolute atomic E-state index is 5.44. The molecule has 2 aromatic rings. The highest BCUT2D eigenvalue weighted by atomic mass is 32.2. The number of nitrogens with zero attached hydrogens (tertiary/aromatic N) is 5. The third-order valence-electron chi connectivity index (χ3n) is 5.11. The van der Waals surface area contributed by atoms with Crippen molar-refractivity contribution in [3.63, 3.8) is 0 Å². The van der Waals surface area contributed by atoms with Crippen LogP contribution in [0.4, 0.5) is 5.82 Å². The monoisotopic (exact) mass is 390 g/mol. The number of nitrogens with one attached hydrogen (secondary N) is 1. The standard InChI is InChI=1S/C19H30N6OS/c1-14(2)13-27-19-22-18-21-16-6-4-3-5-15(16)17(25(18)23-19)20-7-8-24-9-11-26-12-10-24/h14,20H,3-13H2,1-2H3. The van der Waals surface area contributed by atoms with E-state index >= 15 is 0 Å². The van der Waals surface area contributed by atoms with Crippen molar-refractivity contribution in [2.75, 3.05) is 50.5 Å². The van der Waals surface area contributed by atoms with Crippen LogP contribution in [0.5, 0.6) is 0 Å². The third-order valence-corrected chi connectivity index (χ3v) is 6.38. The van der Waals surface area contributed by atoms with Crippen LogP contribution in [-0.2, 0) is 17.6 Å². The molecular weight excluding hydrogens is 360 g/mol. The van der Waals surface area contributed by atoms with Gasteiger partial charge in [0.2, 0.25) is 5.16 Å². The van der Waals surface area contributed by atoms with Crippen LogP contribution in [0.25, 0.3) is 5.78 Å². The highest BCUT2D eigenvalue weighted by Gasteiger charge is 2.21. The van der Waals surface area contributed by atoms with E-state index in [9.17, 15) is 0 Å². The topological polar surface area (TPSA) is 67.6 Å². The minimum Gasteiger partial charge on any atom is -0.379 e. The summed E-state index contributed by atoms with van der Waals surface area (Å²) in [6, 6.07) is 0. The van der Waals surface area contributed by atoms with Gasteiger partial charge in [0, 0.05) is 37.5 Å². The van der Waals surface area contributed by atoms with E-state index in [1.165, 1.54) is 24.1 Å². The summed E-state index contributed by atoms with van der Waals surface area (Å²) < 4.78 is 7.38. The van der Waals surface area contributed by atoms with Crippen molar-refractivity contribution in [1.29, 1.82) is 0 Å². The Morgan fingerprint density at radius 2 is 1.96 bits per heavy atom. The summed E-state index contributed by atoms with van der Waals surface area (Å²) >= 11 is 1.72. The summed E-state index contributed by atoms with van der Waals surface area (Å²) in [5.41, 5.74) is 2.54. The summed E-state index contributed by atoms with van der Waals surface area (Å²) in [6.45, 7) is 10.1. The Balaban J connectivity index is 1.55. The van der Waals surface area contributed by atoms with Crippen LogP contribution < -0.4 is 5.32 Å². The van der Waals surface area contributed by atoms with Gasteiger partial charge in [0.25, 0.3) is 5.78 Å². The molecule has 1 aliphatic heterocycles. The van der Waals surface area contributed by atoms with Crippen molar-refractivity contribution in [1.82, 2.24) is 24.5 Å². The second-order valence-corrected chi connectivity index (χ2v) is 8.77. The lowest BCUT2D eigenvalue weighted by Crippen LogP contribution is -2.39. The Morgan fingerprint density at radius 1 is 1.15 bits per heavy atom. The first-order chi connectivity index (χ1) is 13.2. The molecule has 1 saturated heterocycles. The Bertz CT molecular complexity index is 771. The Labute approximate surface area is 165 Å². The molecule has 27 heavy (non-hydrogen) atoms. The fraction of sp³-hybridized carbons (Fsp3) is 0.737. The molecule has 0 saturated carbocycles. The van der Waals surface area contributed by atoms with E-state index in [2.05, 4.69) is 29.0 Å². The summed E-state index contributed by atoms with van der Waals surface area (Å²) in [5, 5.41) is 9.27. The van der Waals surface area contributed by atoms with Gasteiger partial charge in [-0.25, -0.2) is 4.98 Å². The normalized spacial score (nSPS) is 18.2. The predicted molar refractivity (Wildman–Crippen MR) is 109 cm³/mol. The number of aromatic nitrogens is 4. The van der Waals surface area contributed by atoms with Gasteiger partial charge < -0.3 is 10.1 Å². The van der Waals surface area contributed by atoms with Gasteiger partial charge in [-0.15, -0.1) is 5.10 Å². The number of morpholine rings is 1. The molecule has 148 valence electrons. The first kappa shape index (κ1) is 19.0. The SMILES string of the molecule is CC(C)CSc1nc2nc3c(c(NCCN4CCOCC4)n2n1)CCCC3. The molecule has 0 radical (unpaired) electrons. The van der Waals surface area contributed by atoms with Gasteiger partial charge >= 0.3 is 0 Å². The highest BCUT2D eigenvalue weighted by Crippen LogP contribution is 2.28. The van der Waals surface area contributed by atoms with E-state index in [4.69, 9.17) is 14.8 Å². The number of thioether (sulfide) groups is 1. The molecule has 1 fully saturated rings. The molecule has 7 nitrogen and oxygen atoms in total. The van der Waals surface area contributed by atoms with Crippen molar-refractivity contribution >= 4 is 23.4 Å². The van der Waals surface area contributed by atoms with Crippen molar-refractivity contribution in [3.05, 3.63) is 11.3 Å². The number of aryl methyl sites for hydroxylation is 1. The lowest BCUT2D eigenvalue weighted by atomic mass is 9.96. The van der Waals surface area contributed by atoms with Crippen LogP contribution >= 0.6 is 11.8 Å². The van der Waals surface area contributed by atoms with Gasteiger partial charge in [0.15, 0.2) is 0 Å². The van der Waals surface area contributed by atoms with Gasteiger partial charge in [0.05, 0.1) is 18.9 Å². The zero-order valence-electron chi connectivity index (χ0n) is 16.4. The lowest BCUT2D eigenvalue weighted by Gasteiger charge is -2.27. The Kier molecular flexibility index (Phi) is 6.14. The molecule has 0 aromatic carbocycles. The minimum absolute atomic E-state index is 0.619. The Hall–Kier alpha value is -1.38. The molecule has 2 aromatic heterocycles. The van der Waals surface area contributed by atoms with Gasteiger partial charge in [0.1, 0.15) is 5.82 Å². The molecule has 3 heterocycles. The molecule has 0 bridgehead atoms. The maximum Gasteiger partial charge on any atom is 0.255 e. The number of hydrogen-bond donors (Lipinski definition) is 1. The van der Waals surface area contributed by atoms with Gasteiger partial charge in [-0.05, 0) is 31.6 Å². The number of ether oxygens (including phenoxy) is 1. The summed E-state index contributed by atoms with van der Waals surface area (Å²) in [6.07, 6.45) is 4.56. The van der Waals surface area contributed by atoms with Gasteiger partial charge in [-0.1, -0.05) is 25.6 Å². The molecule has 0 unspecified atom stereocenters. The van der Waals surface area contributed by atoms with E-state index in [1.807, 2.05) is 4.52 Å². The molecule has 0 amide bonds. The van der Waals surface area contributed by atoms with Crippen molar-refractivity contribution in [2.45, 2.75) is 44.7 Å². The van der Waals surface area contributed by atoms with Crippen molar-refractivity contribution < 1.29 is 4.74 Å². The quantitative estimate of drug-likeness (QED) is 0.729. The van der Waals surface area contributed by atoms with Crippen LogP contribution in [0.15, 0.2) is 5.16 Å². The molecule has 8 heteroatoms. The lowest BCUT2D eigenvalue weighted by molar-refractivity contribution is 0.0398. The zero-order chi connectivity index (χ0) is 18.6. The van der Waals surface area contributed by atoms with E-state index in [-0.39, 0.29) is 0 Å². The predicted octanol–water partition coefficient (Wildman–Crippen LogP) is 2.50.